The number of amides is 3. The summed E-state index contributed by atoms with van der Waals surface area (Å²) in [5.74, 6) is -0.0164. The molecule has 4 aliphatic rings. The third-order valence-electron chi connectivity index (χ3n) is 10.5. The zero-order chi connectivity index (χ0) is 31.2. The summed E-state index contributed by atoms with van der Waals surface area (Å²) < 4.78 is 8.74. The topological polar surface area (TPSA) is 109 Å². The van der Waals surface area contributed by atoms with Crippen LogP contribution in [0.25, 0.3) is 11.0 Å². The Morgan fingerprint density at radius 2 is 1.59 bits per heavy atom. The zero-order valence-corrected chi connectivity index (χ0v) is 26.8. The molecule has 6 rings (SSSR count). The summed E-state index contributed by atoms with van der Waals surface area (Å²) in [6.07, 6.45) is 7.25. The minimum Gasteiger partial charge on any atom is -0.444 e. The Bertz CT molecular complexity index is 1460. The highest BCUT2D eigenvalue weighted by Crippen LogP contribution is 2.42. The fourth-order valence-corrected chi connectivity index (χ4v) is 7.72. The first-order valence-corrected chi connectivity index (χ1v) is 16.4. The number of carbonyl (C=O) groups excluding carboxylic acids is 3. The minimum absolute atomic E-state index is 0.175. The van der Waals surface area contributed by atoms with Gasteiger partial charge in [-0.15, -0.1) is 0 Å². The number of rotatable bonds is 4. The van der Waals surface area contributed by atoms with Crippen molar-refractivity contribution in [3.63, 3.8) is 0 Å². The van der Waals surface area contributed by atoms with Crippen LogP contribution in [0.1, 0.15) is 78.2 Å². The number of nitrogens with one attached hydrogen (secondary N) is 1. The second kappa shape index (κ2) is 11.9. The molecule has 240 valence electrons. The van der Waals surface area contributed by atoms with E-state index in [0.717, 1.165) is 88.2 Å². The summed E-state index contributed by atoms with van der Waals surface area (Å²) in [5, 5.41) is 2.38. The van der Waals surface area contributed by atoms with Crippen LogP contribution in [0, 0.1) is 11.3 Å². The lowest BCUT2D eigenvalue weighted by molar-refractivity contribution is -0.135. The third-order valence-corrected chi connectivity index (χ3v) is 10.5. The molecule has 1 N–H and O–H groups in total. The molecule has 5 heterocycles. The summed E-state index contributed by atoms with van der Waals surface area (Å²) in [6, 6.07) is 5.41. The normalized spacial score (nSPS) is 23.8. The maximum absolute atomic E-state index is 13.1. The monoisotopic (exact) mass is 608 g/mol. The molecule has 1 unspecified atom stereocenters. The fraction of sp³-hybridized carbons (Fsp3) is 0.697. The number of aryl methyl sites for hydroxylation is 1. The molecule has 0 saturated carbocycles. The second-order valence-corrected chi connectivity index (χ2v) is 14.5. The Hall–Kier alpha value is -3.34. The molecule has 0 radical (unpaired) electrons. The van der Waals surface area contributed by atoms with Crippen molar-refractivity contribution >= 4 is 34.6 Å². The number of aromatic nitrogens is 2. The average Bonchev–Trinajstić information content (AvgIpc) is 3.23. The molecule has 44 heavy (non-hydrogen) atoms. The maximum Gasteiger partial charge on any atom is 0.410 e. The van der Waals surface area contributed by atoms with Crippen molar-refractivity contribution in [2.45, 2.75) is 83.8 Å². The van der Waals surface area contributed by atoms with Crippen molar-refractivity contribution in [1.29, 1.82) is 0 Å². The van der Waals surface area contributed by atoms with Crippen LogP contribution >= 0.6 is 0 Å². The first-order valence-electron chi connectivity index (χ1n) is 16.4. The quantitative estimate of drug-likeness (QED) is 0.528. The molecule has 1 atom stereocenters. The smallest absolute Gasteiger partial charge is 0.410 e. The highest BCUT2D eigenvalue weighted by atomic mass is 16.6. The summed E-state index contributed by atoms with van der Waals surface area (Å²) >= 11 is 0. The standard InChI is InChI=1S/C33H48N6O5/c1-32(2,3)44-31(43)38-19-13-33(14-20-38)11-17-36(18-12-33)22-23-9-15-37(16-10-23)24-5-6-25-27(21-24)35(4)30(42)39(25)26-7-8-28(40)34-29(26)41/h5-6,21,23,26H,7-20,22H2,1-4H3,(H,34,40,41). The molecule has 11 heteroatoms. The number of likely N-dealkylation sites (tertiary alicyclic amines) is 2. The number of carbonyl (C=O) groups is 3. The number of imide groups is 1. The number of anilines is 1. The molecule has 0 aliphatic carbocycles. The van der Waals surface area contributed by atoms with E-state index in [4.69, 9.17) is 4.74 Å². The largest absolute Gasteiger partial charge is 0.444 e. The summed E-state index contributed by atoms with van der Waals surface area (Å²) in [7, 11) is 1.75. The van der Waals surface area contributed by atoms with Crippen LogP contribution in [0.5, 0.6) is 0 Å². The molecular weight excluding hydrogens is 560 g/mol. The van der Waals surface area contributed by atoms with Gasteiger partial charge in [-0.3, -0.25) is 24.0 Å². The van der Waals surface area contributed by atoms with E-state index in [1.807, 2.05) is 31.7 Å². The molecule has 4 fully saturated rings. The van der Waals surface area contributed by atoms with Crippen LogP contribution < -0.4 is 15.9 Å². The van der Waals surface area contributed by atoms with Crippen molar-refractivity contribution in [3.05, 3.63) is 28.7 Å². The van der Waals surface area contributed by atoms with Gasteiger partial charge in [-0.1, -0.05) is 0 Å². The van der Waals surface area contributed by atoms with Crippen molar-refractivity contribution in [3.8, 4) is 0 Å². The highest BCUT2D eigenvalue weighted by Gasteiger charge is 2.40. The van der Waals surface area contributed by atoms with Gasteiger partial charge >= 0.3 is 11.8 Å². The van der Waals surface area contributed by atoms with Gasteiger partial charge in [0.25, 0.3) is 0 Å². The van der Waals surface area contributed by atoms with E-state index in [1.54, 1.807) is 16.2 Å². The predicted molar refractivity (Wildman–Crippen MR) is 169 cm³/mol. The van der Waals surface area contributed by atoms with Crippen LogP contribution in [0.2, 0.25) is 0 Å². The SMILES string of the molecule is Cn1c(=O)n(C2CCC(=O)NC2=O)c2ccc(N3CCC(CN4CCC5(CC4)CCN(C(=O)OC(C)(C)C)CC5)CC3)cc21. The molecule has 4 aliphatic heterocycles. The van der Waals surface area contributed by atoms with Crippen molar-refractivity contribution in [2.75, 3.05) is 50.7 Å². The number of ether oxygens (including phenoxy) is 1. The number of hydrogen-bond acceptors (Lipinski definition) is 7. The number of imidazole rings is 1. The Labute approximate surface area is 259 Å². The van der Waals surface area contributed by atoms with E-state index >= 15 is 0 Å². The molecule has 0 bridgehead atoms. The average molecular weight is 609 g/mol. The predicted octanol–water partition coefficient (Wildman–Crippen LogP) is 3.65. The van der Waals surface area contributed by atoms with Crippen LogP contribution in [-0.4, -0.2) is 88.3 Å². The number of hydrogen-bond donors (Lipinski definition) is 1. The summed E-state index contributed by atoms with van der Waals surface area (Å²) in [4.78, 5) is 56.8. The lowest BCUT2D eigenvalue weighted by Crippen LogP contribution is -2.50. The highest BCUT2D eigenvalue weighted by molar-refractivity contribution is 6.00. The van der Waals surface area contributed by atoms with E-state index in [-0.39, 0.29) is 24.1 Å². The third kappa shape index (κ3) is 6.25. The van der Waals surface area contributed by atoms with Crippen molar-refractivity contribution < 1.29 is 19.1 Å². The zero-order valence-electron chi connectivity index (χ0n) is 26.8. The molecule has 4 saturated heterocycles. The van der Waals surface area contributed by atoms with Crippen molar-refractivity contribution in [1.82, 2.24) is 24.3 Å². The number of fused-ring (bicyclic) bond motifs is 1. The molecule has 1 spiro atoms. The second-order valence-electron chi connectivity index (χ2n) is 14.5. The van der Waals surface area contributed by atoms with Gasteiger partial charge in [-0.2, -0.15) is 0 Å². The van der Waals surface area contributed by atoms with E-state index in [2.05, 4.69) is 27.2 Å². The molecule has 11 nitrogen and oxygen atoms in total. The molecule has 3 amide bonds. The lowest BCUT2D eigenvalue weighted by Gasteiger charge is -2.47. The first kappa shape index (κ1) is 30.7. The van der Waals surface area contributed by atoms with E-state index in [1.165, 1.54) is 12.8 Å². The van der Waals surface area contributed by atoms with Crippen molar-refractivity contribution in [2.24, 2.45) is 18.4 Å². The number of nitrogens with zero attached hydrogens (tertiary/aromatic N) is 5. The van der Waals surface area contributed by atoms with E-state index < -0.39 is 17.6 Å². The first-order chi connectivity index (χ1) is 20.9. The van der Waals surface area contributed by atoms with Gasteiger partial charge < -0.3 is 19.4 Å². The Balaban J connectivity index is 0.998. The van der Waals surface area contributed by atoms with Crippen LogP contribution in [-0.2, 0) is 21.4 Å². The summed E-state index contributed by atoms with van der Waals surface area (Å²) in [6.45, 7) is 12.8. The van der Waals surface area contributed by atoms with Gasteiger partial charge in [0.1, 0.15) is 11.6 Å². The molecular formula is C33H48N6O5. The Morgan fingerprint density at radius 3 is 2.23 bits per heavy atom. The van der Waals surface area contributed by atoms with Crippen LogP contribution in [0.15, 0.2) is 23.0 Å². The summed E-state index contributed by atoms with van der Waals surface area (Å²) in [5.41, 5.74) is 2.32. The van der Waals surface area contributed by atoms with Crippen LogP contribution in [0.4, 0.5) is 10.5 Å². The molecule has 1 aromatic heterocycles. The van der Waals surface area contributed by atoms with Gasteiger partial charge in [0, 0.05) is 51.9 Å². The maximum atomic E-state index is 13.1. The minimum atomic E-state index is -0.666. The number of benzene rings is 1. The number of piperidine rings is 4. The fourth-order valence-electron chi connectivity index (χ4n) is 7.72. The van der Waals surface area contributed by atoms with Gasteiger partial charge in [0.05, 0.1) is 11.0 Å². The van der Waals surface area contributed by atoms with Gasteiger partial charge in [-0.25, -0.2) is 9.59 Å². The Morgan fingerprint density at radius 1 is 0.932 bits per heavy atom. The Kier molecular flexibility index (Phi) is 8.28. The van der Waals surface area contributed by atoms with Gasteiger partial charge in [-0.05, 0) is 108 Å². The van der Waals surface area contributed by atoms with Gasteiger partial charge in [0.2, 0.25) is 11.8 Å². The lowest BCUT2D eigenvalue weighted by atomic mass is 9.71. The molecule has 1 aromatic carbocycles. The van der Waals surface area contributed by atoms with Gasteiger partial charge in [0.15, 0.2) is 0 Å². The van der Waals surface area contributed by atoms with Crippen LogP contribution in [0.3, 0.4) is 0 Å². The van der Waals surface area contributed by atoms with E-state index in [9.17, 15) is 19.2 Å². The van der Waals surface area contributed by atoms with E-state index in [0.29, 0.717) is 17.8 Å². The molecule has 2 aromatic rings.